The number of hydrogen-bond donors (Lipinski definition) is 0. The van der Waals surface area contributed by atoms with E-state index in [1.54, 1.807) is 0 Å². The van der Waals surface area contributed by atoms with Gasteiger partial charge in [-0.15, -0.1) is 0 Å². The van der Waals surface area contributed by atoms with Crippen LogP contribution in [0.15, 0.2) is 0 Å². The maximum Gasteiger partial charge on any atom is 1.00 e. The maximum atomic E-state index is 6.50. The van der Waals surface area contributed by atoms with Gasteiger partial charge in [0.25, 0.3) is 0 Å². The smallest absolute Gasteiger partial charge is 1.00 e. The summed E-state index contributed by atoms with van der Waals surface area (Å²) in [5.74, 6) is 0. The minimum atomic E-state index is 0. The van der Waals surface area contributed by atoms with E-state index in [0.29, 0.717) is 0 Å². The zero-order chi connectivity index (χ0) is 12.0. The van der Waals surface area contributed by atoms with Gasteiger partial charge in [0, 0.05) is 56.5 Å². The van der Waals surface area contributed by atoms with Crippen molar-refractivity contribution < 1.29 is 147 Å². The molecule has 0 saturated carbocycles. The van der Waals surface area contributed by atoms with E-state index in [-0.39, 0.29) is 147 Å². The van der Waals surface area contributed by atoms with E-state index in [0.717, 1.165) is 0 Å². The molecule has 0 spiro atoms. The van der Waals surface area contributed by atoms with Crippen LogP contribution in [-0.2, 0) is 17.1 Å². The average Bonchev–Trinajstić information content (AvgIpc) is 2.33. The van der Waals surface area contributed by atoms with Crippen molar-refractivity contribution in [3.8, 4) is 39.4 Å². The fraction of sp³-hybridized carbons (Fsp3) is 0. The molecule has 72 valence electrons. The monoisotopic (exact) mass is 438 g/mol. The van der Waals surface area contributed by atoms with Gasteiger partial charge in [0.2, 0.25) is 0 Å². The van der Waals surface area contributed by atoms with Crippen LogP contribution < -0.4 is 127 Å². The Labute approximate surface area is 212 Å². The summed E-state index contributed by atoms with van der Waals surface area (Å²) < 4.78 is 0. The Morgan fingerprint density at radius 1 is 0.467 bits per heavy atom. The van der Waals surface area contributed by atoms with Crippen LogP contribution in [-0.4, -0.2) is 0 Å². The number of nitrogens with zero attached hydrogens (tertiary/aromatic N) is 6. The largest absolute Gasteiger partial charge is 1.00 e. The van der Waals surface area contributed by atoms with E-state index in [9.17, 15) is 0 Å². The SMILES string of the molecule is C#N.C#N.C#N.C#N.C#N.C#N.[Cs+].[Fe].[H-].[H-].[Rb+]. The molecular weight excluding hydrogens is 430 g/mol. The van der Waals surface area contributed by atoms with Crippen LogP contribution in [0, 0.1) is 71.0 Å². The standard InChI is InChI=1S/6CHN.Cs.Fe.Rb.2H/c6*1-2;;;;;/h6*1H;;;;;/q;;;;;;+1;;+1;2*-1. The van der Waals surface area contributed by atoms with Gasteiger partial charge in [-0.25, -0.2) is 31.6 Å². The molecule has 0 atom stereocenters. The van der Waals surface area contributed by atoms with E-state index < -0.39 is 0 Å². The zero-order valence-electron chi connectivity index (χ0n) is 10.5. The molecule has 6 nitrogen and oxygen atoms in total. The summed E-state index contributed by atoms with van der Waals surface area (Å²) >= 11 is 0. The molecule has 0 aromatic heterocycles. The van der Waals surface area contributed by atoms with Crippen molar-refractivity contribution in [2.75, 3.05) is 0 Å². The predicted molar refractivity (Wildman–Crippen MR) is 42.2 cm³/mol. The molecule has 0 radical (unpaired) electrons. The van der Waals surface area contributed by atoms with Crippen LogP contribution in [0.4, 0.5) is 0 Å². The molecule has 0 N–H and O–H groups in total. The quantitative estimate of drug-likeness (QED) is 0.347. The second kappa shape index (κ2) is 1810. The molecule has 0 aromatic carbocycles. The first kappa shape index (κ1) is 71.5. The van der Waals surface area contributed by atoms with E-state index in [4.69, 9.17) is 31.6 Å². The van der Waals surface area contributed by atoms with Crippen molar-refractivity contribution in [2.45, 2.75) is 0 Å². The third-order valence-electron chi connectivity index (χ3n) is 0. The topological polar surface area (TPSA) is 143 Å². The van der Waals surface area contributed by atoms with E-state index in [2.05, 4.69) is 39.4 Å². The van der Waals surface area contributed by atoms with Crippen LogP contribution in [0.5, 0.6) is 0 Å². The van der Waals surface area contributed by atoms with Gasteiger partial charge in [0.05, 0.1) is 0 Å². The minimum absolute atomic E-state index is 0. The van der Waals surface area contributed by atoms with Crippen molar-refractivity contribution >= 4 is 0 Å². The zero-order valence-corrected chi connectivity index (χ0v) is 20.8. The Morgan fingerprint density at radius 3 is 0.467 bits per heavy atom. The third kappa shape index (κ3) is 1570. The molecule has 0 fully saturated rings. The van der Waals surface area contributed by atoms with E-state index in [1.165, 1.54) is 0 Å². The van der Waals surface area contributed by atoms with E-state index >= 15 is 0 Å². The average molecular weight is 438 g/mol. The summed E-state index contributed by atoms with van der Waals surface area (Å²) in [4.78, 5) is 0. The van der Waals surface area contributed by atoms with Gasteiger partial charge in [-0.1, -0.05) is 0 Å². The second-order valence-corrected chi connectivity index (χ2v) is 0. The maximum absolute atomic E-state index is 6.50. The van der Waals surface area contributed by atoms with Crippen LogP contribution in [0.3, 0.4) is 0 Å². The molecule has 15 heavy (non-hydrogen) atoms. The predicted octanol–water partition coefficient (Wildman–Crippen LogP) is -4.93. The number of hydrogen-bond acceptors (Lipinski definition) is 6. The van der Waals surface area contributed by atoms with Crippen LogP contribution in [0.25, 0.3) is 0 Å². The Bertz CT molecular complexity index is 112. The molecular formula is C6H8CsFeN6Rb. The third-order valence-corrected chi connectivity index (χ3v) is 0. The summed E-state index contributed by atoms with van der Waals surface area (Å²) in [6, 6.07) is 0. The molecule has 0 amide bonds. The molecule has 0 saturated heterocycles. The van der Waals surface area contributed by atoms with Crippen molar-refractivity contribution in [3.05, 3.63) is 0 Å². The Hall–Kier alpha value is 1.32. The summed E-state index contributed by atoms with van der Waals surface area (Å²) in [5.41, 5.74) is 0. The van der Waals surface area contributed by atoms with Gasteiger partial charge in [0.1, 0.15) is 0 Å². The minimum Gasteiger partial charge on any atom is -1.00 e. The summed E-state index contributed by atoms with van der Waals surface area (Å²) in [6.07, 6.45) is 0. The van der Waals surface area contributed by atoms with Crippen molar-refractivity contribution in [1.29, 1.82) is 31.6 Å². The van der Waals surface area contributed by atoms with Crippen LogP contribution in [0.1, 0.15) is 2.85 Å². The first-order valence-corrected chi connectivity index (χ1v) is 1.55. The van der Waals surface area contributed by atoms with Gasteiger partial charge >= 0.3 is 127 Å². The molecule has 0 bridgehead atoms. The molecule has 0 aliphatic rings. The summed E-state index contributed by atoms with van der Waals surface area (Å²) in [7, 11) is 0. The normalized spacial score (nSPS) is 0.800. The molecule has 0 unspecified atom stereocenters. The second-order valence-electron chi connectivity index (χ2n) is 0. The Morgan fingerprint density at radius 2 is 0.467 bits per heavy atom. The van der Waals surface area contributed by atoms with Crippen molar-refractivity contribution in [2.24, 2.45) is 0 Å². The van der Waals surface area contributed by atoms with Gasteiger partial charge in [-0.2, -0.15) is 0 Å². The Balaban J connectivity index is -0.00000000267. The first-order valence-electron chi connectivity index (χ1n) is 1.55. The summed E-state index contributed by atoms with van der Waals surface area (Å²) in [6.45, 7) is 21.0. The number of rotatable bonds is 0. The number of nitriles is 6. The fourth-order valence-corrected chi connectivity index (χ4v) is 0. The van der Waals surface area contributed by atoms with Gasteiger partial charge < -0.3 is 2.85 Å². The summed E-state index contributed by atoms with van der Waals surface area (Å²) in [5, 5.41) is 39.0. The molecule has 0 aliphatic carbocycles. The van der Waals surface area contributed by atoms with Crippen LogP contribution in [0.2, 0.25) is 0 Å². The van der Waals surface area contributed by atoms with Crippen LogP contribution >= 0.6 is 0 Å². The first-order chi connectivity index (χ1) is 6.00. The van der Waals surface area contributed by atoms with Crippen molar-refractivity contribution in [1.82, 2.24) is 0 Å². The Kier molecular flexibility index (Phi) is 8630. The van der Waals surface area contributed by atoms with Gasteiger partial charge in [-0.05, 0) is 0 Å². The van der Waals surface area contributed by atoms with Gasteiger partial charge in [0.15, 0.2) is 0 Å². The van der Waals surface area contributed by atoms with Crippen molar-refractivity contribution in [3.63, 3.8) is 0 Å². The molecule has 0 heterocycles. The van der Waals surface area contributed by atoms with Gasteiger partial charge in [-0.3, -0.25) is 0 Å². The molecule has 0 aromatic rings. The molecule has 0 rings (SSSR count). The van der Waals surface area contributed by atoms with E-state index in [1.807, 2.05) is 0 Å². The molecule has 0 aliphatic heterocycles. The fourth-order valence-electron chi connectivity index (χ4n) is 0. The molecule has 9 heteroatoms.